The third-order valence-corrected chi connectivity index (χ3v) is 1.97. The summed E-state index contributed by atoms with van der Waals surface area (Å²) >= 11 is 0. The van der Waals surface area contributed by atoms with E-state index in [4.69, 9.17) is 0 Å². The number of H-pyrrole nitrogens is 1. The third-order valence-electron chi connectivity index (χ3n) is 1.97. The summed E-state index contributed by atoms with van der Waals surface area (Å²) in [6.45, 7) is 0.222. The number of rotatable bonds is 3. The molecule has 82 valence electrons. The topological polar surface area (TPSA) is 70.7 Å². The maximum Gasteiger partial charge on any atom is 0.256 e. The third kappa shape index (κ3) is 2.22. The van der Waals surface area contributed by atoms with Crippen molar-refractivity contribution in [1.82, 2.24) is 20.3 Å². The quantitative estimate of drug-likeness (QED) is 0.754. The first kappa shape index (κ1) is 10.3. The Kier molecular flexibility index (Phi) is 2.90. The van der Waals surface area contributed by atoms with Crippen LogP contribution < -0.4 is 5.32 Å². The SMILES string of the molecule is O=C(NCc1ncc[nH]1)c1cccnc1F. The monoisotopic (exact) mass is 220 g/mol. The Labute approximate surface area is 90.7 Å². The average Bonchev–Trinajstić information content (AvgIpc) is 2.79. The summed E-state index contributed by atoms with van der Waals surface area (Å²) in [5.74, 6) is -0.681. The molecule has 2 rings (SSSR count). The Hall–Kier alpha value is -2.24. The van der Waals surface area contributed by atoms with Crippen molar-refractivity contribution in [3.63, 3.8) is 0 Å². The highest BCUT2D eigenvalue weighted by molar-refractivity contribution is 5.93. The number of hydrogen-bond acceptors (Lipinski definition) is 3. The molecule has 16 heavy (non-hydrogen) atoms. The molecule has 0 aliphatic rings. The van der Waals surface area contributed by atoms with Crippen LogP contribution in [0.2, 0.25) is 0 Å². The Morgan fingerprint density at radius 3 is 3.00 bits per heavy atom. The molecule has 0 bridgehead atoms. The maximum absolute atomic E-state index is 13.1. The van der Waals surface area contributed by atoms with Gasteiger partial charge in [0.2, 0.25) is 5.95 Å². The fraction of sp³-hybridized carbons (Fsp3) is 0.100. The van der Waals surface area contributed by atoms with Crippen LogP contribution in [-0.4, -0.2) is 20.9 Å². The lowest BCUT2D eigenvalue weighted by Crippen LogP contribution is -2.24. The van der Waals surface area contributed by atoms with Crippen LogP contribution in [0.1, 0.15) is 16.2 Å². The zero-order chi connectivity index (χ0) is 11.4. The molecule has 5 nitrogen and oxygen atoms in total. The van der Waals surface area contributed by atoms with Crippen LogP contribution in [-0.2, 0) is 6.54 Å². The zero-order valence-corrected chi connectivity index (χ0v) is 8.27. The lowest BCUT2D eigenvalue weighted by atomic mass is 10.2. The normalized spacial score (nSPS) is 10.1. The van der Waals surface area contributed by atoms with Gasteiger partial charge in [0.05, 0.1) is 12.1 Å². The number of amides is 1. The number of carbonyl (C=O) groups excluding carboxylic acids is 1. The molecule has 0 saturated heterocycles. The molecule has 0 saturated carbocycles. The van der Waals surface area contributed by atoms with Crippen molar-refractivity contribution >= 4 is 5.91 Å². The van der Waals surface area contributed by atoms with Crippen molar-refractivity contribution in [3.8, 4) is 0 Å². The van der Waals surface area contributed by atoms with Gasteiger partial charge in [0, 0.05) is 18.6 Å². The number of imidazole rings is 1. The first-order valence-corrected chi connectivity index (χ1v) is 4.64. The Morgan fingerprint density at radius 2 is 2.31 bits per heavy atom. The lowest BCUT2D eigenvalue weighted by molar-refractivity contribution is 0.0945. The van der Waals surface area contributed by atoms with E-state index in [9.17, 15) is 9.18 Å². The highest BCUT2D eigenvalue weighted by Gasteiger charge is 2.11. The highest BCUT2D eigenvalue weighted by atomic mass is 19.1. The van der Waals surface area contributed by atoms with Gasteiger partial charge in [0.15, 0.2) is 0 Å². The number of aromatic amines is 1. The maximum atomic E-state index is 13.1. The second kappa shape index (κ2) is 4.52. The summed E-state index contributed by atoms with van der Waals surface area (Å²) in [6.07, 6.45) is 4.51. The molecule has 2 N–H and O–H groups in total. The summed E-state index contributed by atoms with van der Waals surface area (Å²) in [4.78, 5) is 21.7. The molecule has 2 aromatic heterocycles. The summed E-state index contributed by atoms with van der Waals surface area (Å²) in [5, 5.41) is 2.53. The summed E-state index contributed by atoms with van der Waals surface area (Å²) < 4.78 is 13.1. The summed E-state index contributed by atoms with van der Waals surface area (Å²) in [6, 6.07) is 2.88. The number of carbonyl (C=O) groups is 1. The van der Waals surface area contributed by atoms with Crippen molar-refractivity contribution in [2.75, 3.05) is 0 Å². The van der Waals surface area contributed by atoms with Gasteiger partial charge in [-0.25, -0.2) is 9.97 Å². The predicted octanol–water partition coefficient (Wildman–Crippen LogP) is 0.874. The highest BCUT2D eigenvalue weighted by Crippen LogP contribution is 2.02. The van der Waals surface area contributed by atoms with Gasteiger partial charge in [-0.2, -0.15) is 4.39 Å². The predicted molar refractivity (Wildman–Crippen MR) is 54.0 cm³/mol. The first-order chi connectivity index (χ1) is 7.77. The van der Waals surface area contributed by atoms with Gasteiger partial charge in [-0.1, -0.05) is 0 Å². The summed E-state index contributed by atoms with van der Waals surface area (Å²) in [5.41, 5.74) is -0.0749. The van der Waals surface area contributed by atoms with Crippen LogP contribution in [0.4, 0.5) is 4.39 Å². The van der Waals surface area contributed by atoms with Crippen LogP contribution in [0.5, 0.6) is 0 Å². The molecular formula is C10H9FN4O. The van der Waals surface area contributed by atoms with Crippen LogP contribution in [0.15, 0.2) is 30.7 Å². The molecule has 6 heteroatoms. The van der Waals surface area contributed by atoms with E-state index in [1.165, 1.54) is 18.3 Å². The van der Waals surface area contributed by atoms with E-state index < -0.39 is 11.9 Å². The molecular weight excluding hydrogens is 211 g/mol. The first-order valence-electron chi connectivity index (χ1n) is 4.64. The van der Waals surface area contributed by atoms with Crippen LogP contribution in [0.25, 0.3) is 0 Å². The van der Waals surface area contributed by atoms with Gasteiger partial charge >= 0.3 is 0 Å². The molecule has 1 amide bonds. The van der Waals surface area contributed by atoms with Gasteiger partial charge in [-0.15, -0.1) is 0 Å². The molecule has 2 aromatic rings. The van der Waals surface area contributed by atoms with E-state index in [1.54, 1.807) is 12.4 Å². The van der Waals surface area contributed by atoms with Crippen molar-refractivity contribution in [2.45, 2.75) is 6.54 Å². The number of aromatic nitrogens is 3. The fourth-order valence-corrected chi connectivity index (χ4v) is 1.21. The van der Waals surface area contributed by atoms with E-state index in [0.29, 0.717) is 5.82 Å². The minimum absolute atomic E-state index is 0.0749. The molecule has 0 atom stereocenters. The Balaban J connectivity index is 2.01. The minimum atomic E-state index is -0.778. The number of hydrogen-bond donors (Lipinski definition) is 2. The number of halogens is 1. The zero-order valence-electron chi connectivity index (χ0n) is 8.27. The van der Waals surface area contributed by atoms with Crippen LogP contribution in [0, 0.1) is 5.95 Å². The van der Waals surface area contributed by atoms with Gasteiger partial charge < -0.3 is 10.3 Å². The number of nitrogens with zero attached hydrogens (tertiary/aromatic N) is 2. The van der Waals surface area contributed by atoms with Gasteiger partial charge in [0.1, 0.15) is 5.82 Å². The Bertz CT molecular complexity index is 483. The van der Waals surface area contributed by atoms with E-state index >= 15 is 0 Å². The second-order valence-corrected chi connectivity index (χ2v) is 3.06. The molecule has 0 fully saturated rings. The Morgan fingerprint density at radius 1 is 1.44 bits per heavy atom. The second-order valence-electron chi connectivity index (χ2n) is 3.06. The largest absolute Gasteiger partial charge is 0.347 e. The van der Waals surface area contributed by atoms with Gasteiger partial charge in [0.25, 0.3) is 5.91 Å². The fourth-order valence-electron chi connectivity index (χ4n) is 1.21. The number of pyridine rings is 1. The van der Waals surface area contributed by atoms with E-state index in [-0.39, 0.29) is 12.1 Å². The van der Waals surface area contributed by atoms with Crippen molar-refractivity contribution < 1.29 is 9.18 Å². The molecule has 0 unspecified atom stereocenters. The number of nitrogens with one attached hydrogen (secondary N) is 2. The molecule has 0 aromatic carbocycles. The van der Waals surface area contributed by atoms with E-state index in [0.717, 1.165) is 0 Å². The van der Waals surface area contributed by atoms with Crippen molar-refractivity contribution in [3.05, 3.63) is 48.1 Å². The van der Waals surface area contributed by atoms with Crippen LogP contribution in [0.3, 0.4) is 0 Å². The van der Waals surface area contributed by atoms with E-state index in [1.807, 2.05) is 0 Å². The van der Waals surface area contributed by atoms with Crippen molar-refractivity contribution in [2.24, 2.45) is 0 Å². The molecule has 0 radical (unpaired) electrons. The van der Waals surface area contributed by atoms with Gasteiger partial charge in [-0.3, -0.25) is 4.79 Å². The molecule has 0 aliphatic carbocycles. The lowest BCUT2D eigenvalue weighted by Gasteiger charge is -2.03. The smallest absolute Gasteiger partial charge is 0.256 e. The van der Waals surface area contributed by atoms with E-state index in [2.05, 4.69) is 20.3 Å². The summed E-state index contributed by atoms with van der Waals surface area (Å²) in [7, 11) is 0. The van der Waals surface area contributed by atoms with Gasteiger partial charge in [-0.05, 0) is 12.1 Å². The minimum Gasteiger partial charge on any atom is -0.347 e. The standard InChI is InChI=1S/C10H9FN4O/c11-9-7(2-1-3-14-9)10(16)15-6-8-12-4-5-13-8/h1-5H,6H2,(H,12,13)(H,15,16). The molecule has 2 heterocycles. The molecule has 0 spiro atoms. The van der Waals surface area contributed by atoms with Crippen molar-refractivity contribution in [1.29, 1.82) is 0 Å². The average molecular weight is 220 g/mol. The molecule has 0 aliphatic heterocycles. The van der Waals surface area contributed by atoms with Crippen LogP contribution >= 0.6 is 0 Å².